The summed E-state index contributed by atoms with van der Waals surface area (Å²) in [6.45, 7) is -0.294. The molecule has 0 saturated carbocycles. The predicted octanol–water partition coefficient (Wildman–Crippen LogP) is 0.0215. The molecule has 22 heavy (non-hydrogen) atoms. The van der Waals surface area contributed by atoms with Crippen molar-refractivity contribution in [3.63, 3.8) is 0 Å². The minimum absolute atomic E-state index is 0.275. The Hall–Kier alpha value is -1.16. The van der Waals surface area contributed by atoms with Crippen LogP contribution < -0.4 is 5.73 Å². The molecular formula is C11H14N5O4PS. The van der Waals surface area contributed by atoms with E-state index in [1.807, 2.05) is 0 Å². The lowest BCUT2D eigenvalue weighted by molar-refractivity contribution is -0.0539. The Morgan fingerprint density at radius 2 is 2.27 bits per heavy atom. The van der Waals surface area contributed by atoms with Crippen molar-refractivity contribution in [1.29, 1.82) is 0 Å². The Kier molecular flexibility index (Phi) is 3.23. The quantitative estimate of drug-likeness (QED) is 0.691. The monoisotopic (exact) mass is 343 g/mol. The van der Waals surface area contributed by atoms with Gasteiger partial charge >= 0.3 is 0 Å². The van der Waals surface area contributed by atoms with Gasteiger partial charge in [0.05, 0.1) is 12.9 Å². The number of rotatable bonds is 1. The number of nitrogens with zero attached hydrogens (tertiary/aromatic N) is 4. The van der Waals surface area contributed by atoms with Crippen LogP contribution in [-0.2, 0) is 25.6 Å². The molecule has 2 aliphatic rings. The molecule has 0 spiro atoms. The van der Waals surface area contributed by atoms with Gasteiger partial charge in [0.2, 0.25) is 0 Å². The fourth-order valence-corrected chi connectivity index (χ4v) is 4.39. The molecule has 2 aromatic rings. The van der Waals surface area contributed by atoms with Crippen LogP contribution in [0.2, 0.25) is 0 Å². The molecule has 0 aromatic carbocycles. The van der Waals surface area contributed by atoms with Gasteiger partial charge in [0.15, 0.2) is 24.2 Å². The van der Waals surface area contributed by atoms with E-state index in [0.29, 0.717) is 17.8 Å². The van der Waals surface area contributed by atoms with Crippen molar-refractivity contribution in [3.05, 3.63) is 12.7 Å². The molecule has 5 atom stereocenters. The van der Waals surface area contributed by atoms with Crippen LogP contribution >= 0.6 is 6.49 Å². The number of aromatic nitrogens is 4. The summed E-state index contributed by atoms with van der Waals surface area (Å²) >= 11 is 5.25. The fourth-order valence-electron chi connectivity index (χ4n) is 2.73. The van der Waals surface area contributed by atoms with Crippen LogP contribution in [0.3, 0.4) is 0 Å². The lowest BCUT2D eigenvalue weighted by atomic mass is 10.1. The summed E-state index contributed by atoms with van der Waals surface area (Å²) in [5.74, 6) is 0.275. The predicted molar refractivity (Wildman–Crippen MR) is 80.7 cm³/mol. The lowest BCUT2D eigenvalue weighted by Crippen LogP contribution is -2.39. The number of aliphatic hydroxyl groups excluding tert-OH is 1. The highest BCUT2D eigenvalue weighted by Gasteiger charge is 2.50. The van der Waals surface area contributed by atoms with Gasteiger partial charge in [-0.1, -0.05) is 0 Å². The number of nitrogen functional groups attached to an aromatic ring is 1. The van der Waals surface area contributed by atoms with E-state index >= 15 is 0 Å². The van der Waals surface area contributed by atoms with E-state index in [1.165, 1.54) is 12.7 Å². The normalized spacial score (nSPS) is 38.3. The SMILES string of the molecule is CP1(=S)OC[C@H]2O[C@@H](n3cnc4c(N)ncnc43)[C@H](O)[C@@H]2O1. The number of hydrogen-bond donors (Lipinski definition) is 2. The van der Waals surface area contributed by atoms with E-state index in [1.54, 1.807) is 11.2 Å². The number of hydrogen-bond acceptors (Lipinski definition) is 9. The van der Waals surface area contributed by atoms with Gasteiger partial charge < -0.3 is 24.6 Å². The summed E-state index contributed by atoms with van der Waals surface area (Å²) in [7, 11) is 0. The van der Waals surface area contributed by atoms with E-state index < -0.39 is 24.9 Å². The van der Waals surface area contributed by atoms with E-state index in [2.05, 4.69) is 15.0 Å². The second kappa shape index (κ2) is 4.92. The van der Waals surface area contributed by atoms with Crippen LogP contribution in [0.25, 0.3) is 11.2 Å². The van der Waals surface area contributed by atoms with E-state index in [9.17, 15) is 5.11 Å². The van der Waals surface area contributed by atoms with Crippen molar-refractivity contribution in [2.75, 3.05) is 19.0 Å². The maximum atomic E-state index is 10.6. The molecule has 118 valence electrons. The topological polar surface area (TPSA) is 118 Å². The van der Waals surface area contributed by atoms with E-state index in [4.69, 9.17) is 31.3 Å². The third-order valence-electron chi connectivity index (χ3n) is 3.76. The lowest BCUT2D eigenvalue weighted by Gasteiger charge is -2.32. The maximum Gasteiger partial charge on any atom is 0.186 e. The summed E-state index contributed by atoms with van der Waals surface area (Å²) < 4.78 is 18.7. The first kappa shape index (κ1) is 14.4. The van der Waals surface area contributed by atoms with Gasteiger partial charge in [0.25, 0.3) is 0 Å². The van der Waals surface area contributed by atoms with Gasteiger partial charge in [0.1, 0.15) is 30.2 Å². The molecule has 4 heterocycles. The number of imidazole rings is 1. The molecule has 2 saturated heterocycles. The average molecular weight is 343 g/mol. The zero-order chi connectivity index (χ0) is 15.5. The van der Waals surface area contributed by atoms with Crippen LogP contribution in [-0.4, -0.2) is 56.2 Å². The second-order valence-electron chi connectivity index (χ2n) is 5.28. The van der Waals surface area contributed by atoms with Gasteiger partial charge in [-0.25, -0.2) is 15.0 Å². The van der Waals surface area contributed by atoms with Crippen LogP contribution in [0.15, 0.2) is 12.7 Å². The molecule has 1 unspecified atom stereocenters. The molecule has 0 radical (unpaired) electrons. The standard InChI is InChI=1S/C11H14N5O4PS/c1-21(22)18-2-5-8(20-21)7(17)11(19-5)16-4-15-6-9(12)13-3-14-10(6)16/h3-5,7-8,11,17H,2H2,1H3,(H2,12,13,14)/t5-,7-,8-,11-,21?/m1/s1. The molecule has 2 aromatic heterocycles. The van der Waals surface area contributed by atoms with E-state index in [0.717, 1.165) is 0 Å². The van der Waals surface area contributed by atoms with Crippen molar-refractivity contribution in [3.8, 4) is 0 Å². The molecule has 9 nitrogen and oxygen atoms in total. The Morgan fingerprint density at radius 1 is 1.45 bits per heavy atom. The molecule has 2 fully saturated rings. The smallest absolute Gasteiger partial charge is 0.186 e. The van der Waals surface area contributed by atoms with Crippen LogP contribution in [0, 0.1) is 0 Å². The van der Waals surface area contributed by atoms with Crippen LogP contribution in [0.1, 0.15) is 6.23 Å². The Morgan fingerprint density at radius 3 is 3.09 bits per heavy atom. The summed E-state index contributed by atoms with van der Waals surface area (Å²) in [5.41, 5.74) is 6.73. The first-order chi connectivity index (χ1) is 10.5. The highest BCUT2D eigenvalue weighted by atomic mass is 32.5. The van der Waals surface area contributed by atoms with E-state index in [-0.39, 0.29) is 11.9 Å². The molecule has 3 N–H and O–H groups in total. The highest BCUT2D eigenvalue weighted by Crippen LogP contribution is 2.53. The van der Waals surface area contributed by atoms with Gasteiger partial charge in [-0.2, -0.15) is 0 Å². The maximum absolute atomic E-state index is 10.6. The molecule has 4 rings (SSSR count). The van der Waals surface area contributed by atoms with Crippen molar-refractivity contribution in [2.24, 2.45) is 0 Å². The first-order valence-corrected chi connectivity index (χ1v) is 9.72. The first-order valence-electron chi connectivity index (χ1n) is 6.63. The fraction of sp³-hybridized carbons (Fsp3) is 0.545. The van der Waals surface area contributed by atoms with Gasteiger partial charge in [0, 0.05) is 6.66 Å². The van der Waals surface area contributed by atoms with Gasteiger partial charge in [-0.3, -0.25) is 4.57 Å². The highest BCUT2D eigenvalue weighted by molar-refractivity contribution is 8.09. The number of anilines is 1. The Bertz CT molecular complexity index is 785. The van der Waals surface area contributed by atoms with Crippen LogP contribution in [0.5, 0.6) is 0 Å². The summed E-state index contributed by atoms with van der Waals surface area (Å²) in [4.78, 5) is 12.2. The number of ether oxygens (including phenoxy) is 1. The largest absolute Gasteiger partial charge is 0.386 e. The number of nitrogens with two attached hydrogens (primary N) is 1. The van der Waals surface area contributed by atoms with Crippen LogP contribution in [0.4, 0.5) is 5.82 Å². The molecule has 0 aliphatic carbocycles. The van der Waals surface area contributed by atoms with Crippen molar-refractivity contribution < 1.29 is 18.9 Å². The van der Waals surface area contributed by atoms with Crippen molar-refractivity contribution in [2.45, 2.75) is 24.5 Å². The molecule has 11 heteroatoms. The average Bonchev–Trinajstić information content (AvgIpc) is 3.01. The number of aliphatic hydroxyl groups is 1. The molecule has 2 aliphatic heterocycles. The summed E-state index contributed by atoms with van der Waals surface area (Å²) in [5, 5.41) is 10.6. The third kappa shape index (κ3) is 2.15. The molecular weight excluding hydrogens is 329 g/mol. The van der Waals surface area contributed by atoms with Crippen molar-refractivity contribution in [1.82, 2.24) is 19.5 Å². The third-order valence-corrected chi connectivity index (χ3v) is 5.58. The Labute approximate surface area is 130 Å². The minimum Gasteiger partial charge on any atom is -0.386 e. The minimum atomic E-state index is -2.33. The van der Waals surface area contributed by atoms with Gasteiger partial charge in [-0.05, 0) is 11.8 Å². The summed E-state index contributed by atoms with van der Waals surface area (Å²) in [6.07, 6.45) is 0.370. The number of fused-ring (bicyclic) bond motifs is 2. The second-order valence-corrected chi connectivity index (χ2v) is 9.28. The Balaban J connectivity index is 1.71. The van der Waals surface area contributed by atoms with Gasteiger partial charge in [-0.15, -0.1) is 0 Å². The zero-order valence-corrected chi connectivity index (χ0v) is 13.3. The zero-order valence-electron chi connectivity index (χ0n) is 11.6. The summed E-state index contributed by atoms with van der Waals surface area (Å²) in [6, 6.07) is 0. The van der Waals surface area contributed by atoms with Crippen molar-refractivity contribution >= 4 is 35.3 Å². The molecule has 0 bridgehead atoms. The molecule has 0 amide bonds.